The Morgan fingerprint density at radius 2 is 1.16 bits per heavy atom. The third-order valence-electron chi connectivity index (χ3n) is 7.39. The summed E-state index contributed by atoms with van der Waals surface area (Å²) >= 11 is 24.6. The summed E-state index contributed by atoms with van der Waals surface area (Å²) in [5.74, 6) is 0. The van der Waals surface area contributed by atoms with Gasteiger partial charge in [0.2, 0.25) is 0 Å². The zero-order chi connectivity index (χ0) is 31.4. The van der Waals surface area contributed by atoms with Gasteiger partial charge in [0.25, 0.3) is 0 Å². The van der Waals surface area contributed by atoms with E-state index >= 15 is 0 Å². The van der Waals surface area contributed by atoms with Gasteiger partial charge in [0.05, 0.1) is 0 Å². The molecule has 6 rings (SSSR count). The van der Waals surface area contributed by atoms with Crippen LogP contribution in [0.3, 0.4) is 0 Å². The summed E-state index contributed by atoms with van der Waals surface area (Å²) < 4.78 is -1.16. The number of fused-ring (bicyclic) bond motifs is 3. The van der Waals surface area contributed by atoms with Crippen LogP contribution in [-0.2, 0) is 47.8 Å². The van der Waals surface area contributed by atoms with Crippen LogP contribution in [0, 0.1) is 6.07 Å². The van der Waals surface area contributed by atoms with Gasteiger partial charge in [0, 0.05) is 10.0 Å². The molecule has 0 heterocycles. The molecule has 1 aliphatic rings. The molecule has 0 nitrogen and oxygen atoms in total. The molecule has 0 amide bonds. The Morgan fingerprint density at radius 3 is 1.61 bits per heavy atom. The summed E-state index contributed by atoms with van der Waals surface area (Å²) in [5.41, 5.74) is 10.1. The number of alkyl halides is 2. The van der Waals surface area contributed by atoms with E-state index < -0.39 is 4.33 Å². The average Bonchev–Trinajstić information content (AvgIpc) is 3.64. The Balaban J connectivity index is 0.000000206. The molecule has 0 aromatic heterocycles. The number of benzene rings is 4. The summed E-state index contributed by atoms with van der Waals surface area (Å²) in [5, 5.41) is 1.19. The number of hydrogen-bond donors (Lipinski definition) is 0. The van der Waals surface area contributed by atoms with E-state index in [1.807, 2.05) is 54.6 Å². The second-order valence-electron chi connectivity index (χ2n) is 12.9. The van der Waals surface area contributed by atoms with Crippen molar-refractivity contribution in [3.63, 3.8) is 0 Å². The molecule has 5 aromatic carbocycles. The van der Waals surface area contributed by atoms with Crippen LogP contribution < -0.4 is 0 Å². The molecule has 0 bridgehead atoms. The van der Waals surface area contributed by atoms with E-state index in [1.165, 1.54) is 33.4 Å². The minimum atomic E-state index is -1.16. The van der Waals surface area contributed by atoms with Crippen LogP contribution in [0.15, 0.2) is 109 Å². The summed E-state index contributed by atoms with van der Waals surface area (Å²) in [6.07, 6.45) is 1.03. The molecular formula is C39H38Cl4Zr. The molecule has 0 spiro atoms. The Bertz CT molecular complexity index is 1530. The normalized spacial score (nSPS) is 12.0. The average molecular weight is 740 g/mol. The van der Waals surface area contributed by atoms with E-state index in [4.69, 9.17) is 46.4 Å². The molecule has 0 aliphatic heterocycles. The molecule has 44 heavy (non-hydrogen) atoms. The summed E-state index contributed by atoms with van der Waals surface area (Å²) in [6, 6.07) is 39.5. The maximum absolute atomic E-state index is 6.38. The van der Waals surface area contributed by atoms with Gasteiger partial charge in [-0.1, -0.05) is 136 Å². The van der Waals surface area contributed by atoms with Crippen LogP contribution in [0.4, 0.5) is 0 Å². The van der Waals surface area contributed by atoms with E-state index in [0.29, 0.717) is 10.0 Å². The molecule has 5 heteroatoms. The predicted octanol–water partition coefficient (Wildman–Crippen LogP) is 12.7. The van der Waals surface area contributed by atoms with Crippen molar-refractivity contribution in [2.75, 3.05) is 0 Å². The first kappa shape index (κ1) is 36.7. The monoisotopic (exact) mass is 736 g/mol. The second-order valence-corrected chi connectivity index (χ2v) is 15.1. The van der Waals surface area contributed by atoms with Crippen molar-refractivity contribution < 1.29 is 26.2 Å². The molecule has 226 valence electrons. The molecule has 5 aromatic rings. The van der Waals surface area contributed by atoms with Crippen molar-refractivity contribution in [2.45, 2.75) is 63.1 Å². The maximum Gasteiger partial charge on any atom is 2.00 e. The first-order valence-electron chi connectivity index (χ1n) is 14.4. The minimum absolute atomic E-state index is 0. The van der Waals surface area contributed by atoms with Crippen LogP contribution >= 0.6 is 46.4 Å². The fraction of sp³-hybridized carbons (Fsp3) is 0.256. The van der Waals surface area contributed by atoms with Crippen LogP contribution in [-0.4, -0.2) is 0 Å². The van der Waals surface area contributed by atoms with E-state index in [-0.39, 0.29) is 37.0 Å². The first-order chi connectivity index (χ1) is 20.2. The third kappa shape index (κ3) is 9.40. The fourth-order valence-electron chi connectivity index (χ4n) is 4.88. The molecular weight excluding hydrogens is 701 g/mol. The Morgan fingerprint density at radius 1 is 0.614 bits per heavy atom. The van der Waals surface area contributed by atoms with Gasteiger partial charge >= 0.3 is 26.2 Å². The molecule has 0 radical (unpaired) electrons. The van der Waals surface area contributed by atoms with E-state index in [1.54, 1.807) is 24.3 Å². The fourth-order valence-corrected chi connectivity index (χ4v) is 5.73. The SMILES string of the molecule is CC(C)(C)c1[c-]c2c(cc1)-c1ccc(C(C)(C)C)cc1C2.Clc1cccc(C(Cl)(Cl)c2cccc(Cl)c2)c1.[Zr+2].c1cc[cH-]c1. The van der Waals surface area contributed by atoms with Crippen molar-refractivity contribution >= 4 is 46.4 Å². The van der Waals surface area contributed by atoms with Crippen molar-refractivity contribution in [3.05, 3.63) is 159 Å². The standard InChI is InChI=1S/C21H25.C13H8Cl4.C5H5.Zr/c1-20(2,3)16-7-9-18-14(12-16)11-15-13-17(21(4,5)6)8-10-19(15)18;14-11-5-1-3-9(7-11)13(16,17)10-4-2-6-12(15)8-10;1-2-4-5-3-1;/h7-10,12H,11H2,1-6H3;1-8H;1-5H;/q-1;;-1;+2. The second kappa shape index (κ2) is 15.2. The molecule has 1 aliphatic carbocycles. The van der Waals surface area contributed by atoms with Crippen LogP contribution in [0.5, 0.6) is 0 Å². The van der Waals surface area contributed by atoms with Gasteiger partial charge in [-0.2, -0.15) is 42.0 Å². The van der Waals surface area contributed by atoms with Crippen molar-refractivity contribution in [1.82, 2.24) is 0 Å². The zero-order valence-electron chi connectivity index (χ0n) is 26.1. The van der Waals surface area contributed by atoms with Crippen LogP contribution in [0.1, 0.15) is 74.9 Å². The van der Waals surface area contributed by atoms with Crippen molar-refractivity contribution in [3.8, 4) is 11.1 Å². The largest absolute Gasteiger partial charge is 2.00 e. The summed E-state index contributed by atoms with van der Waals surface area (Å²) in [6.45, 7) is 13.6. The third-order valence-corrected chi connectivity index (χ3v) is 8.74. The Labute approximate surface area is 303 Å². The molecule has 0 N–H and O–H groups in total. The topological polar surface area (TPSA) is 0 Å². The van der Waals surface area contributed by atoms with Gasteiger partial charge < -0.3 is 0 Å². The Kier molecular flexibility index (Phi) is 12.7. The number of rotatable bonds is 2. The Hall–Kier alpha value is -1.73. The van der Waals surface area contributed by atoms with Crippen molar-refractivity contribution in [1.29, 1.82) is 0 Å². The first-order valence-corrected chi connectivity index (χ1v) is 15.9. The summed E-state index contributed by atoms with van der Waals surface area (Å²) in [7, 11) is 0. The van der Waals surface area contributed by atoms with Gasteiger partial charge in [-0.25, -0.2) is 12.1 Å². The van der Waals surface area contributed by atoms with Gasteiger partial charge in [0.1, 0.15) is 0 Å². The predicted molar refractivity (Wildman–Crippen MR) is 188 cm³/mol. The molecule has 0 saturated heterocycles. The number of hydrogen-bond acceptors (Lipinski definition) is 0. The summed E-state index contributed by atoms with van der Waals surface area (Å²) in [4.78, 5) is 0. The van der Waals surface area contributed by atoms with Gasteiger partial charge in [-0.15, -0.1) is 11.1 Å². The molecule has 0 unspecified atom stereocenters. The molecule has 0 atom stereocenters. The van der Waals surface area contributed by atoms with Gasteiger partial charge in [-0.05, 0) is 63.8 Å². The van der Waals surface area contributed by atoms with Crippen molar-refractivity contribution in [2.24, 2.45) is 0 Å². The molecule has 0 fully saturated rings. The van der Waals surface area contributed by atoms with Crippen LogP contribution in [0.2, 0.25) is 10.0 Å². The minimum Gasteiger partial charge on any atom is -0.214 e. The smallest absolute Gasteiger partial charge is 0.214 e. The van der Waals surface area contributed by atoms with E-state index in [0.717, 1.165) is 17.5 Å². The maximum atomic E-state index is 6.38. The van der Waals surface area contributed by atoms with Gasteiger partial charge in [0.15, 0.2) is 4.33 Å². The quantitative estimate of drug-likeness (QED) is 0.123. The zero-order valence-corrected chi connectivity index (χ0v) is 31.6. The molecule has 0 saturated carbocycles. The van der Waals surface area contributed by atoms with Crippen LogP contribution in [0.25, 0.3) is 11.1 Å². The van der Waals surface area contributed by atoms with Gasteiger partial charge in [-0.3, -0.25) is 0 Å². The number of halogens is 4. The van der Waals surface area contributed by atoms with E-state index in [2.05, 4.69) is 77.9 Å². The van der Waals surface area contributed by atoms with E-state index in [9.17, 15) is 0 Å².